The van der Waals surface area contributed by atoms with Crippen LogP contribution in [0.5, 0.6) is 0 Å². The van der Waals surface area contributed by atoms with Gasteiger partial charge in [-0.1, -0.05) is 46.8 Å². The lowest BCUT2D eigenvalue weighted by molar-refractivity contribution is 0.571. The maximum Gasteiger partial charge on any atom is 0.0754 e. The standard InChI is InChI=1S/C14H20N2/c1-9(2)10-6-7-11-12(8-10)15-16-13(11)14(3,4)5/h6-9H,1-5H3,(H,15,16). The molecule has 1 aromatic carbocycles. The number of rotatable bonds is 1. The van der Waals surface area contributed by atoms with Gasteiger partial charge in [-0.2, -0.15) is 5.10 Å². The minimum atomic E-state index is 0.0948. The van der Waals surface area contributed by atoms with Crippen LogP contribution < -0.4 is 0 Å². The predicted molar refractivity (Wildman–Crippen MR) is 68.9 cm³/mol. The average molecular weight is 216 g/mol. The lowest BCUT2D eigenvalue weighted by Crippen LogP contribution is -2.11. The van der Waals surface area contributed by atoms with E-state index in [1.54, 1.807) is 0 Å². The molecule has 0 unspecified atom stereocenters. The van der Waals surface area contributed by atoms with Crippen LogP contribution in [0.3, 0.4) is 0 Å². The van der Waals surface area contributed by atoms with Crippen LogP contribution in [-0.4, -0.2) is 10.2 Å². The summed E-state index contributed by atoms with van der Waals surface area (Å²) >= 11 is 0. The van der Waals surface area contributed by atoms with Crippen LogP contribution in [0.2, 0.25) is 0 Å². The summed E-state index contributed by atoms with van der Waals surface area (Å²) < 4.78 is 0. The maximum atomic E-state index is 4.44. The van der Waals surface area contributed by atoms with E-state index in [4.69, 9.17) is 0 Å². The van der Waals surface area contributed by atoms with Crippen molar-refractivity contribution < 1.29 is 0 Å². The highest BCUT2D eigenvalue weighted by Gasteiger charge is 2.20. The monoisotopic (exact) mass is 216 g/mol. The van der Waals surface area contributed by atoms with Gasteiger partial charge in [0.25, 0.3) is 0 Å². The lowest BCUT2D eigenvalue weighted by Gasteiger charge is -2.15. The molecule has 0 saturated heterocycles. The van der Waals surface area contributed by atoms with Gasteiger partial charge < -0.3 is 0 Å². The van der Waals surface area contributed by atoms with E-state index in [0.29, 0.717) is 5.92 Å². The van der Waals surface area contributed by atoms with Gasteiger partial charge in [-0.3, -0.25) is 5.10 Å². The van der Waals surface area contributed by atoms with E-state index in [2.05, 4.69) is 63.0 Å². The van der Waals surface area contributed by atoms with Crippen molar-refractivity contribution in [1.82, 2.24) is 10.2 Å². The Bertz CT molecular complexity index is 501. The lowest BCUT2D eigenvalue weighted by atomic mass is 9.89. The van der Waals surface area contributed by atoms with E-state index in [1.807, 2.05) is 0 Å². The smallest absolute Gasteiger partial charge is 0.0754 e. The molecule has 0 atom stereocenters. The van der Waals surface area contributed by atoms with Crippen molar-refractivity contribution in [2.75, 3.05) is 0 Å². The highest BCUT2D eigenvalue weighted by Crippen LogP contribution is 2.29. The fraction of sp³-hybridized carbons (Fsp3) is 0.500. The first kappa shape index (κ1) is 11.2. The molecule has 0 radical (unpaired) electrons. The molecule has 2 aromatic rings. The van der Waals surface area contributed by atoms with E-state index in [-0.39, 0.29) is 5.41 Å². The van der Waals surface area contributed by atoms with Gasteiger partial charge in [-0.15, -0.1) is 0 Å². The van der Waals surface area contributed by atoms with Crippen LogP contribution in [0.1, 0.15) is 51.8 Å². The number of aromatic nitrogens is 2. The van der Waals surface area contributed by atoms with Gasteiger partial charge in [0, 0.05) is 10.8 Å². The fourth-order valence-electron chi connectivity index (χ4n) is 1.97. The van der Waals surface area contributed by atoms with Crippen molar-refractivity contribution in [3.8, 4) is 0 Å². The van der Waals surface area contributed by atoms with Crippen LogP contribution in [-0.2, 0) is 5.41 Å². The minimum Gasteiger partial charge on any atom is -0.278 e. The van der Waals surface area contributed by atoms with Crippen molar-refractivity contribution in [2.45, 2.75) is 46.0 Å². The van der Waals surface area contributed by atoms with Gasteiger partial charge in [0.15, 0.2) is 0 Å². The molecule has 0 aliphatic heterocycles. The third-order valence-electron chi connectivity index (χ3n) is 2.96. The number of fused-ring (bicyclic) bond motifs is 1. The van der Waals surface area contributed by atoms with E-state index in [9.17, 15) is 0 Å². The zero-order valence-corrected chi connectivity index (χ0v) is 10.8. The number of nitrogens with one attached hydrogen (secondary N) is 1. The molecular weight excluding hydrogens is 196 g/mol. The molecule has 0 saturated carbocycles. The van der Waals surface area contributed by atoms with E-state index in [0.717, 1.165) is 11.2 Å². The second-order valence-electron chi connectivity index (χ2n) is 5.78. The first-order valence-electron chi connectivity index (χ1n) is 5.88. The Morgan fingerprint density at radius 2 is 1.88 bits per heavy atom. The number of nitrogens with zero attached hydrogens (tertiary/aromatic N) is 1. The molecular formula is C14H20N2. The Morgan fingerprint density at radius 3 is 2.44 bits per heavy atom. The quantitative estimate of drug-likeness (QED) is 0.767. The number of hydrogen-bond donors (Lipinski definition) is 1. The topological polar surface area (TPSA) is 28.7 Å². The molecule has 0 bridgehead atoms. The second kappa shape index (κ2) is 3.62. The summed E-state index contributed by atoms with van der Waals surface area (Å²) in [6.45, 7) is 11.0. The van der Waals surface area contributed by atoms with Crippen molar-refractivity contribution in [2.24, 2.45) is 0 Å². The molecule has 1 aromatic heterocycles. The molecule has 2 nitrogen and oxygen atoms in total. The maximum absolute atomic E-state index is 4.44. The molecule has 0 fully saturated rings. The van der Waals surface area contributed by atoms with Gasteiger partial charge in [0.1, 0.15) is 0 Å². The Morgan fingerprint density at radius 1 is 1.19 bits per heavy atom. The first-order chi connectivity index (χ1) is 7.39. The van der Waals surface area contributed by atoms with Crippen molar-refractivity contribution in [3.05, 3.63) is 29.5 Å². The van der Waals surface area contributed by atoms with Crippen molar-refractivity contribution in [1.29, 1.82) is 0 Å². The largest absolute Gasteiger partial charge is 0.278 e. The number of benzene rings is 1. The molecule has 1 heterocycles. The van der Waals surface area contributed by atoms with Gasteiger partial charge in [-0.05, 0) is 17.5 Å². The SMILES string of the molecule is CC(C)c1ccc2c(C(C)(C)C)n[nH]c2c1. The van der Waals surface area contributed by atoms with Crippen LogP contribution >= 0.6 is 0 Å². The highest BCUT2D eigenvalue weighted by molar-refractivity contribution is 5.83. The Kier molecular flexibility index (Phi) is 2.53. The molecule has 16 heavy (non-hydrogen) atoms. The van der Waals surface area contributed by atoms with Gasteiger partial charge in [0.2, 0.25) is 0 Å². The first-order valence-corrected chi connectivity index (χ1v) is 5.88. The van der Waals surface area contributed by atoms with Crippen LogP contribution in [0.4, 0.5) is 0 Å². The fourth-order valence-corrected chi connectivity index (χ4v) is 1.97. The zero-order valence-electron chi connectivity index (χ0n) is 10.8. The molecule has 0 aliphatic rings. The summed E-state index contributed by atoms with van der Waals surface area (Å²) in [4.78, 5) is 0. The molecule has 86 valence electrons. The molecule has 0 aliphatic carbocycles. The molecule has 1 N–H and O–H groups in total. The van der Waals surface area contributed by atoms with Gasteiger partial charge in [-0.25, -0.2) is 0 Å². The number of aromatic amines is 1. The molecule has 2 rings (SSSR count). The molecule has 2 heteroatoms. The minimum absolute atomic E-state index is 0.0948. The zero-order chi connectivity index (χ0) is 11.9. The molecule has 0 amide bonds. The summed E-state index contributed by atoms with van der Waals surface area (Å²) in [7, 11) is 0. The predicted octanol–water partition coefficient (Wildman–Crippen LogP) is 3.98. The summed E-state index contributed by atoms with van der Waals surface area (Å²) in [5.74, 6) is 0.561. The normalized spacial score (nSPS) is 12.6. The Hall–Kier alpha value is -1.31. The molecule has 0 spiro atoms. The Balaban J connectivity index is 2.59. The van der Waals surface area contributed by atoms with E-state index < -0.39 is 0 Å². The highest BCUT2D eigenvalue weighted by atomic mass is 15.1. The van der Waals surface area contributed by atoms with Crippen molar-refractivity contribution >= 4 is 10.9 Å². The van der Waals surface area contributed by atoms with Crippen LogP contribution in [0, 0.1) is 0 Å². The summed E-state index contributed by atoms with van der Waals surface area (Å²) in [6, 6.07) is 6.61. The number of H-pyrrole nitrogens is 1. The summed E-state index contributed by atoms with van der Waals surface area (Å²) in [5.41, 5.74) is 3.75. The van der Waals surface area contributed by atoms with Gasteiger partial charge >= 0.3 is 0 Å². The van der Waals surface area contributed by atoms with Gasteiger partial charge in [0.05, 0.1) is 11.2 Å². The second-order valence-corrected chi connectivity index (χ2v) is 5.78. The Labute approximate surface area is 97.1 Å². The average Bonchev–Trinajstić information content (AvgIpc) is 2.58. The van der Waals surface area contributed by atoms with Crippen molar-refractivity contribution in [3.63, 3.8) is 0 Å². The summed E-state index contributed by atoms with van der Waals surface area (Å²) in [5, 5.41) is 8.83. The number of hydrogen-bond acceptors (Lipinski definition) is 1. The third kappa shape index (κ3) is 1.84. The van der Waals surface area contributed by atoms with Crippen LogP contribution in [0.15, 0.2) is 18.2 Å². The van der Waals surface area contributed by atoms with E-state index >= 15 is 0 Å². The third-order valence-corrected chi connectivity index (χ3v) is 2.96. The summed E-state index contributed by atoms with van der Waals surface area (Å²) in [6.07, 6.45) is 0. The van der Waals surface area contributed by atoms with E-state index in [1.165, 1.54) is 10.9 Å². The van der Waals surface area contributed by atoms with Crippen LogP contribution in [0.25, 0.3) is 10.9 Å².